The maximum Gasteiger partial charge on any atom is 0.0221 e. The summed E-state index contributed by atoms with van der Waals surface area (Å²) in [5.41, 5.74) is 1.39. The van der Waals surface area contributed by atoms with Gasteiger partial charge in [0.25, 0.3) is 0 Å². The highest BCUT2D eigenvalue weighted by atomic mass is 79.9. The van der Waals surface area contributed by atoms with Crippen LogP contribution in [-0.4, -0.2) is 0 Å². The molecule has 0 amide bonds. The Bertz CT molecular complexity index is 269. The number of hydrogen-bond acceptors (Lipinski definition) is 0. The van der Waals surface area contributed by atoms with Gasteiger partial charge in [-0.3, -0.25) is 0 Å². The third-order valence-electron chi connectivity index (χ3n) is 2.11. The number of halogens is 2. The minimum Gasteiger partial charge on any atom is -0.0648 e. The van der Waals surface area contributed by atoms with Gasteiger partial charge in [-0.1, -0.05) is 51.8 Å². The van der Waals surface area contributed by atoms with E-state index in [1.54, 1.807) is 0 Å². The number of benzene rings is 1. The second-order valence-electron chi connectivity index (χ2n) is 2.98. The highest BCUT2D eigenvalue weighted by Crippen LogP contribution is 2.29. The third kappa shape index (κ3) is 2.33. The van der Waals surface area contributed by atoms with Crippen LogP contribution < -0.4 is 0 Å². The molecule has 1 unspecified atom stereocenters. The molecule has 0 nitrogen and oxygen atoms in total. The first-order valence-corrected chi connectivity index (χ1v) is 5.68. The lowest BCUT2D eigenvalue weighted by molar-refractivity contribution is 0.730. The minimum absolute atomic E-state index is 0.632. The van der Waals surface area contributed by atoms with Crippen molar-refractivity contribution in [2.24, 2.45) is 0 Å². The van der Waals surface area contributed by atoms with E-state index in [1.165, 1.54) is 16.5 Å². The summed E-state index contributed by atoms with van der Waals surface area (Å²) in [6, 6.07) is 6.36. The fourth-order valence-electron chi connectivity index (χ4n) is 1.12. The Morgan fingerprint density at radius 3 is 2.50 bits per heavy atom. The topological polar surface area (TPSA) is 0 Å². The maximum absolute atomic E-state index is 3.56. The van der Waals surface area contributed by atoms with E-state index < -0.39 is 0 Å². The van der Waals surface area contributed by atoms with Crippen LogP contribution in [0.25, 0.3) is 0 Å². The lowest BCUT2D eigenvalue weighted by Crippen LogP contribution is -1.91. The predicted octanol–water partition coefficient (Wildman–Crippen LogP) is 4.73. The summed E-state index contributed by atoms with van der Waals surface area (Å²) >= 11 is 7.00. The summed E-state index contributed by atoms with van der Waals surface area (Å²) in [4.78, 5) is 0. The van der Waals surface area contributed by atoms with Gasteiger partial charge >= 0.3 is 0 Å². The molecule has 1 atom stereocenters. The zero-order chi connectivity index (χ0) is 9.14. The lowest BCUT2D eigenvalue weighted by atomic mass is 9.99. The molecule has 0 saturated heterocycles. The van der Waals surface area contributed by atoms with E-state index in [4.69, 9.17) is 0 Å². The van der Waals surface area contributed by atoms with Gasteiger partial charge in [0.2, 0.25) is 0 Å². The molecule has 1 aromatic rings. The largest absolute Gasteiger partial charge is 0.0648 e. The molecule has 0 heterocycles. The van der Waals surface area contributed by atoms with Crippen molar-refractivity contribution < 1.29 is 0 Å². The summed E-state index contributed by atoms with van der Waals surface area (Å²) < 4.78 is 2.33. The summed E-state index contributed by atoms with van der Waals surface area (Å²) in [7, 11) is 0. The molecule has 0 aliphatic carbocycles. The van der Waals surface area contributed by atoms with Crippen molar-refractivity contribution in [2.45, 2.75) is 26.2 Å². The molecule has 0 spiro atoms. The van der Waals surface area contributed by atoms with E-state index in [1.807, 2.05) is 0 Å². The van der Waals surface area contributed by atoms with Crippen LogP contribution in [0.2, 0.25) is 0 Å². The van der Waals surface area contributed by atoms with Crippen LogP contribution in [0.1, 0.15) is 31.7 Å². The van der Waals surface area contributed by atoms with Gasteiger partial charge in [-0.15, -0.1) is 0 Å². The van der Waals surface area contributed by atoms with Crippen molar-refractivity contribution in [1.29, 1.82) is 0 Å². The van der Waals surface area contributed by atoms with Crippen molar-refractivity contribution in [3.8, 4) is 0 Å². The van der Waals surface area contributed by atoms with Gasteiger partial charge in [0, 0.05) is 8.95 Å². The highest BCUT2D eigenvalue weighted by molar-refractivity contribution is 9.11. The average Bonchev–Trinajstić information content (AvgIpc) is 2.03. The minimum atomic E-state index is 0.632. The fourth-order valence-corrected chi connectivity index (χ4v) is 2.56. The maximum atomic E-state index is 3.56. The Kier molecular flexibility index (Phi) is 3.78. The molecule has 1 rings (SSSR count). The van der Waals surface area contributed by atoms with E-state index in [9.17, 15) is 0 Å². The summed E-state index contributed by atoms with van der Waals surface area (Å²) in [5, 5.41) is 0. The van der Waals surface area contributed by atoms with E-state index in [-0.39, 0.29) is 0 Å². The van der Waals surface area contributed by atoms with E-state index in [2.05, 4.69) is 63.9 Å². The van der Waals surface area contributed by atoms with Gasteiger partial charge in [-0.25, -0.2) is 0 Å². The zero-order valence-electron chi connectivity index (χ0n) is 7.27. The monoisotopic (exact) mass is 290 g/mol. The van der Waals surface area contributed by atoms with Crippen molar-refractivity contribution in [3.05, 3.63) is 32.7 Å². The van der Waals surface area contributed by atoms with Gasteiger partial charge in [-0.05, 0) is 30.0 Å². The van der Waals surface area contributed by atoms with Crippen molar-refractivity contribution in [1.82, 2.24) is 0 Å². The van der Waals surface area contributed by atoms with Gasteiger partial charge in [0.1, 0.15) is 0 Å². The second kappa shape index (κ2) is 4.43. The summed E-state index contributed by atoms with van der Waals surface area (Å²) in [5.74, 6) is 0.632. The molecule has 0 aromatic heterocycles. The first kappa shape index (κ1) is 10.3. The van der Waals surface area contributed by atoms with Crippen molar-refractivity contribution >= 4 is 31.9 Å². The molecule has 0 saturated carbocycles. The van der Waals surface area contributed by atoms with Crippen LogP contribution in [0.15, 0.2) is 27.1 Å². The molecule has 0 fully saturated rings. The molecule has 12 heavy (non-hydrogen) atoms. The fraction of sp³-hybridized carbons (Fsp3) is 0.400. The standard InChI is InChI=1S/C10H12Br2/c1-3-7(2)9-5-4-8(11)6-10(9)12/h4-7H,3H2,1-2H3. The van der Waals surface area contributed by atoms with Crippen LogP contribution >= 0.6 is 31.9 Å². The van der Waals surface area contributed by atoms with Crippen LogP contribution in [0.3, 0.4) is 0 Å². The van der Waals surface area contributed by atoms with Crippen molar-refractivity contribution in [3.63, 3.8) is 0 Å². The van der Waals surface area contributed by atoms with Crippen LogP contribution in [0.5, 0.6) is 0 Å². The summed E-state index contributed by atoms with van der Waals surface area (Å²) in [6.07, 6.45) is 1.18. The van der Waals surface area contributed by atoms with Gasteiger partial charge in [-0.2, -0.15) is 0 Å². The van der Waals surface area contributed by atoms with E-state index >= 15 is 0 Å². The Hall–Kier alpha value is 0.180. The first-order chi connectivity index (χ1) is 5.65. The molecule has 2 heteroatoms. The van der Waals surface area contributed by atoms with Crippen molar-refractivity contribution in [2.75, 3.05) is 0 Å². The van der Waals surface area contributed by atoms with Crippen LogP contribution in [0.4, 0.5) is 0 Å². The number of hydrogen-bond donors (Lipinski definition) is 0. The van der Waals surface area contributed by atoms with Crippen LogP contribution in [0, 0.1) is 0 Å². The Morgan fingerprint density at radius 2 is 2.00 bits per heavy atom. The smallest absolute Gasteiger partial charge is 0.0221 e. The molecule has 0 bridgehead atoms. The third-order valence-corrected chi connectivity index (χ3v) is 3.29. The number of rotatable bonds is 2. The van der Waals surface area contributed by atoms with Crippen LogP contribution in [-0.2, 0) is 0 Å². The lowest BCUT2D eigenvalue weighted by Gasteiger charge is -2.11. The molecule has 0 aliphatic rings. The normalized spacial score (nSPS) is 13.0. The molecule has 66 valence electrons. The Morgan fingerprint density at radius 1 is 1.33 bits per heavy atom. The van der Waals surface area contributed by atoms with E-state index in [0.29, 0.717) is 5.92 Å². The SMILES string of the molecule is CCC(C)c1ccc(Br)cc1Br. The van der Waals surface area contributed by atoms with Gasteiger partial charge in [0.15, 0.2) is 0 Å². The molecule has 0 radical (unpaired) electrons. The van der Waals surface area contributed by atoms with Gasteiger partial charge < -0.3 is 0 Å². The molecule has 0 N–H and O–H groups in total. The second-order valence-corrected chi connectivity index (χ2v) is 4.75. The molecule has 0 aliphatic heterocycles. The summed E-state index contributed by atoms with van der Waals surface area (Å²) in [6.45, 7) is 4.45. The van der Waals surface area contributed by atoms with E-state index in [0.717, 1.165) is 4.47 Å². The Labute approximate surface area is 90.6 Å². The highest BCUT2D eigenvalue weighted by Gasteiger charge is 2.06. The quantitative estimate of drug-likeness (QED) is 0.739. The zero-order valence-corrected chi connectivity index (χ0v) is 10.4. The molecular weight excluding hydrogens is 280 g/mol. The predicted molar refractivity (Wildman–Crippen MR) is 60.5 cm³/mol. The van der Waals surface area contributed by atoms with Gasteiger partial charge in [0.05, 0.1) is 0 Å². The molecular formula is C10H12Br2. The Balaban J connectivity index is 3.01. The molecule has 1 aromatic carbocycles. The first-order valence-electron chi connectivity index (χ1n) is 4.10. The average molecular weight is 292 g/mol.